The maximum atomic E-state index is 13.4. The molecule has 1 N–H and O–H groups in total. The van der Waals surface area contributed by atoms with Crippen molar-refractivity contribution < 1.29 is 19.0 Å². The lowest BCUT2D eigenvalue weighted by atomic mass is 9.83. The molecule has 1 aromatic carbocycles. The summed E-state index contributed by atoms with van der Waals surface area (Å²) in [6, 6.07) is 5.83. The zero-order chi connectivity index (χ0) is 11.5. The summed E-state index contributed by atoms with van der Waals surface area (Å²) in [5.74, 6) is -1.63. The minimum atomic E-state index is -1.35. The van der Waals surface area contributed by atoms with Crippen LogP contribution in [0.15, 0.2) is 24.3 Å². The lowest BCUT2D eigenvalue weighted by Gasteiger charge is -2.24. The summed E-state index contributed by atoms with van der Waals surface area (Å²) in [4.78, 5) is 11.1. The summed E-state index contributed by atoms with van der Waals surface area (Å²) >= 11 is 0. The largest absolute Gasteiger partial charge is 0.481 e. The van der Waals surface area contributed by atoms with Gasteiger partial charge in [-0.2, -0.15) is 0 Å². The van der Waals surface area contributed by atoms with Gasteiger partial charge in [-0.25, -0.2) is 4.39 Å². The molecule has 1 unspecified atom stereocenters. The SMILES string of the molecule is COCC(C)(C(=O)O)c1ccccc1F. The Balaban J connectivity index is 3.21. The van der Waals surface area contributed by atoms with Crippen LogP contribution in [0.2, 0.25) is 0 Å². The number of carboxylic acid groups (broad SMARTS) is 1. The molecule has 15 heavy (non-hydrogen) atoms. The Labute approximate surface area is 87.5 Å². The lowest BCUT2D eigenvalue weighted by molar-refractivity contribution is -0.145. The van der Waals surface area contributed by atoms with E-state index in [1.54, 1.807) is 6.07 Å². The average Bonchev–Trinajstić information content (AvgIpc) is 2.18. The zero-order valence-electron chi connectivity index (χ0n) is 8.66. The summed E-state index contributed by atoms with van der Waals surface area (Å²) in [6.45, 7) is 1.38. The lowest BCUT2D eigenvalue weighted by Crippen LogP contribution is -2.37. The molecule has 0 bridgehead atoms. The van der Waals surface area contributed by atoms with Crippen LogP contribution in [0.5, 0.6) is 0 Å². The van der Waals surface area contributed by atoms with Gasteiger partial charge in [0, 0.05) is 12.7 Å². The Morgan fingerprint density at radius 3 is 2.60 bits per heavy atom. The highest BCUT2D eigenvalue weighted by atomic mass is 19.1. The normalized spacial score (nSPS) is 14.6. The smallest absolute Gasteiger partial charge is 0.316 e. The van der Waals surface area contributed by atoms with E-state index < -0.39 is 17.2 Å². The fraction of sp³-hybridized carbons (Fsp3) is 0.364. The maximum Gasteiger partial charge on any atom is 0.316 e. The van der Waals surface area contributed by atoms with E-state index >= 15 is 0 Å². The number of hydrogen-bond acceptors (Lipinski definition) is 2. The Morgan fingerprint density at radius 1 is 1.53 bits per heavy atom. The van der Waals surface area contributed by atoms with E-state index in [2.05, 4.69) is 0 Å². The van der Waals surface area contributed by atoms with Crippen LogP contribution < -0.4 is 0 Å². The first kappa shape index (κ1) is 11.7. The first-order chi connectivity index (χ1) is 7.02. The molecule has 0 radical (unpaired) electrons. The second kappa shape index (κ2) is 4.40. The molecule has 1 rings (SSSR count). The fourth-order valence-electron chi connectivity index (χ4n) is 1.45. The Bertz CT molecular complexity index is 365. The van der Waals surface area contributed by atoms with Gasteiger partial charge in [-0.3, -0.25) is 4.79 Å². The van der Waals surface area contributed by atoms with Crippen LogP contribution in [0.1, 0.15) is 12.5 Å². The molecule has 1 aromatic rings. The summed E-state index contributed by atoms with van der Waals surface area (Å²) in [5.41, 5.74) is -1.21. The van der Waals surface area contributed by atoms with E-state index in [-0.39, 0.29) is 12.2 Å². The molecule has 0 heterocycles. The van der Waals surface area contributed by atoms with Gasteiger partial charge in [0.15, 0.2) is 0 Å². The van der Waals surface area contributed by atoms with Gasteiger partial charge < -0.3 is 9.84 Å². The van der Waals surface area contributed by atoms with Crippen molar-refractivity contribution in [1.82, 2.24) is 0 Å². The molecule has 4 heteroatoms. The number of carbonyl (C=O) groups is 1. The van der Waals surface area contributed by atoms with Gasteiger partial charge in [0.25, 0.3) is 0 Å². The Hall–Kier alpha value is -1.42. The summed E-state index contributed by atoms with van der Waals surface area (Å²) in [5, 5.41) is 9.09. The molecule has 0 aliphatic carbocycles. The van der Waals surface area contributed by atoms with Crippen molar-refractivity contribution in [2.75, 3.05) is 13.7 Å². The van der Waals surface area contributed by atoms with Crippen LogP contribution in [-0.2, 0) is 14.9 Å². The quantitative estimate of drug-likeness (QED) is 0.828. The van der Waals surface area contributed by atoms with E-state index in [1.807, 2.05) is 0 Å². The Morgan fingerprint density at radius 2 is 2.13 bits per heavy atom. The monoisotopic (exact) mass is 212 g/mol. The maximum absolute atomic E-state index is 13.4. The molecule has 1 atom stereocenters. The summed E-state index contributed by atoms with van der Waals surface area (Å²) < 4.78 is 18.3. The van der Waals surface area contributed by atoms with E-state index in [0.29, 0.717) is 0 Å². The van der Waals surface area contributed by atoms with Crippen LogP contribution in [0.3, 0.4) is 0 Å². The topological polar surface area (TPSA) is 46.5 Å². The molecule has 3 nitrogen and oxygen atoms in total. The third-order valence-electron chi connectivity index (χ3n) is 2.37. The number of methoxy groups -OCH3 is 1. The van der Waals surface area contributed by atoms with Crippen molar-refractivity contribution in [2.24, 2.45) is 0 Å². The fourth-order valence-corrected chi connectivity index (χ4v) is 1.45. The van der Waals surface area contributed by atoms with Gasteiger partial charge >= 0.3 is 5.97 Å². The van der Waals surface area contributed by atoms with Gasteiger partial charge in [-0.05, 0) is 13.0 Å². The number of benzene rings is 1. The highest BCUT2D eigenvalue weighted by Crippen LogP contribution is 2.26. The number of hydrogen-bond donors (Lipinski definition) is 1. The first-order valence-corrected chi connectivity index (χ1v) is 4.49. The molecule has 0 aliphatic heterocycles. The third kappa shape index (κ3) is 2.15. The van der Waals surface area contributed by atoms with Crippen molar-refractivity contribution in [2.45, 2.75) is 12.3 Å². The first-order valence-electron chi connectivity index (χ1n) is 4.49. The molecule has 0 saturated heterocycles. The van der Waals surface area contributed by atoms with Gasteiger partial charge in [-0.1, -0.05) is 18.2 Å². The molecular formula is C11H13FO3. The van der Waals surface area contributed by atoms with Gasteiger partial charge in [0.1, 0.15) is 11.2 Å². The van der Waals surface area contributed by atoms with Crippen LogP contribution >= 0.6 is 0 Å². The van der Waals surface area contributed by atoms with Crippen LogP contribution in [0, 0.1) is 5.82 Å². The number of ether oxygens (including phenoxy) is 1. The molecule has 82 valence electrons. The van der Waals surface area contributed by atoms with Crippen LogP contribution in [-0.4, -0.2) is 24.8 Å². The van der Waals surface area contributed by atoms with Gasteiger partial charge in [-0.15, -0.1) is 0 Å². The van der Waals surface area contributed by atoms with Crippen molar-refractivity contribution in [3.63, 3.8) is 0 Å². The standard InChI is InChI=1S/C11H13FO3/c1-11(7-15-2,10(13)14)8-5-3-4-6-9(8)12/h3-6H,7H2,1-2H3,(H,13,14). The summed E-state index contributed by atoms with van der Waals surface area (Å²) in [7, 11) is 1.39. The predicted molar refractivity (Wildman–Crippen MR) is 53.3 cm³/mol. The minimum Gasteiger partial charge on any atom is -0.481 e. The highest BCUT2D eigenvalue weighted by molar-refractivity contribution is 5.81. The highest BCUT2D eigenvalue weighted by Gasteiger charge is 2.37. The number of carboxylic acids is 1. The minimum absolute atomic E-state index is 0.0662. The Kier molecular flexibility index (Phi) is 3.42. The van der Waals surface area contributed by atoms with Gasteiger partial charge in [0.2, 0.25) is 0 Å². The van der Waals surface area contributed by atoms with E-state index in [0.717, 1.165) is 0 Å². The van der Waals surface area contributed by atoms with Crippen molar-refractivity contribution >= 4 is 5.97 Å². The van der Waals surface area contributed by atoms with Gasteiger partial charge in [0.05, 0.1) is 6.61 Å². The second-order valence-corrected chi connectivity index (χ2v) is 3.55. The third-order valence-corrected chi connectivity index (χ3v) is 2.37. The number of halogens is 1. The van der Waals surface area contributed by atoms with Crippen LogP contribution in [0.4, 0.5) is 4.39 Å². The second-order valence-electron chi connectivity index (χ2n) is 3.55. The molecular weight excluding hydrogens is 199 g/mol. The molecule has 0 aliphatic rings. The number of aliphatic carboxylic acids is 1. The van der Waals surface area contributed by atoms with E-state index in [9.17, 15) is 9.18 Å². The average molecular weight is 212 g/mol. The number of rotatable bonds is 4. The van der Waals surface area contributed by atoms with Crippen molar-refractivity contribution in [3.8, 4) is 0 Å². The zero-order valence-corrected chi connectivity index (χ0v) is 8.66. The molecule has 0 spiro atoms. The molecule has 0 amide bonds. The van der Waals surface area contributed by atoms with Crippen molar-refractivity contribution in [3.05, 3.63) is 35.6 Å². The van der Waals surface area contributed by atoms with E-state index in [4.69, 9.17) is 9.84 Å². The van der Waals surface area contributed by atoms with Crippen molar-refractivity contribution in [1.29, 1.82) is 0 Å². The van der Waals surface area contributed by atoms with E-state index in [1.165, 1.54) is 32.2 Å². The molecule has 0 aromatic heterocycles. The molecule has 0 saturated carbocycles. The predicted octanol–water partition coefficient (Wildman–Crippen LogP) is 1.81. The van der Waals surface area contributed by atoms with Crippen LogP contribution in [0.25, 0.3) is 0 Å². The molecule has 0 fully saturated rings. The summed E-state index contributed by atoms with van der Waals surface area (Å²) in [6.07, 6.45) is 0.